The van der Waals surface area contributed by atoms with Gasteiger partial charge in [0.05, 0.1) is 5.54 Å². The van der Waals surface area contributed by atoms with Gasteiger partial charge in [0.1, 0.15) is 5.82 Å². The lowest BCUT2D eigenvalue weighted by Crippen LogP contribution is -2.42. The fraction of sp³-hybridized carbons (Fsp3) is 0.357. The number of benzene rings is 1. The summed E-state index contributed by atoms with van der Waals surface area (Å²) in [4.78, 5) is 4.41. The Morgan fingerprint density at radius 1 is 1.17 bits per heavy atom. The van der Waals surface area contributed by atoms with Crippen LogP contribution in [0.2, 0.25) is 0 Å². The smallest absolute Gasteiger partial charge is 0.134 e. The molecule has 0 saturated carbocycles. The SMILES string of the molecule is CCC(CCl)(CCl)Nc1nccc2ccccc12. The number of aromatic nitrogens is 1. The first-order valence-electron chi connectivity index (χ1n) is 5.98. The van der Waals surface area contributed by atoms with Crippen LogP contribution in [0.25, 0.3) is 10.8 Å². The number of pyridine rings is 1. The number of fused-ring (bicyclic) bond motifs is 1. The number of hydrogen-bond donors (Lipinski definition) is 1. The number of nitrogens with zero attached hydrogens (tertiary/aromatic N) is 1. The van der Waals surface area contributed by atoms with Crippen molar-refractivity contribution in [2.75, 3.05) is 17.1 Å². The molecule has 0 spiro atoms. The number of halogens is 2. The first kappa shape index (κ1) is 13.4. The van der Waals surface area contributed by atoms with Crippen molar-refractivity contribution in [3.8, 4) is 0 Å². The highest BCUT2D eigenvalue weighted by Crippen LogP contribution is 2.26. The molecule has 0 aliphatic carbocycles. The van der Waals surface area contributed by atoms with Gasteiger partial charge in [-0.05, 0) is 17.9 Å². The van der Waals surface area contributed by atoms with Gasteiger partial charge in [0, 0.05) is 23.3 Å². The van der Waals surface area contributed by atoms with Gasteiger partial charge in [0.15, 0.2) is 0 Å². The lowest BCUT2D eigenvalue weighted by Gasteiger charge is -2.30. The highest BCUT2D eigenvalue weighted by Gasteiger charge is 2.26. The molecule has 2 aromatic rings. The standard InChI is InChI=1S/C14H16Cl2N2/c1-2-14(9-15,10-16)18-13-12-6-4-3-5-11(12)7-8-17-13/h3-8H,2,9-10H2,1H3,(H,17,18). The lowest BCUT2D eigenvalue weighted by molar-refractivity contribution is 0.559. The molecule has 1 N–H and O–H groups in total. The Kier molecular flexibility index (Phi) is 4.31. The van der Waals surface area contributed by atoms with Crippen LogP contribution in [0.4, 0.5) is 5.82 Å². The largest absolute Gasteiger partial charge is 0.362 e. The zero-order chi connectivity index (χ0) is 13.0. The summed E-state index contributed by atoms with van der Waals surface area (Å²) in [7, 11) is 0. The Morgan fingerprint density at radius 3 is 2.56 bits per heavy atom. The molecule has 0 aliphatic heterocycles. The van der Waals surface area contributed by atoms with Crippen LogP contribution in [0.15, 0.2) is 36.5 Å². The summed E-state index contributed by atoms with van der Waals surface area (Å²) in [6.07, 6.45) is 2.65. The number of nitrogens with one attached hydrogen (secondary N) is 1. The zero-order valence-electron chi connectivity index (χ0n) is 10.3. The van der Waals surface area contributed by atoms with Crippen molar-refractivity contribution >= 4 is 39.8 Å². The molecule has 0 atom stereocenters. The Hall–Kier alpha value is -0.990. The summed E-state index contributed by atoms with van der Waals surface area (Å²) >= 11 is 12.1. The van der Waals surface area contributed by atoms with Crippen molar-refractivity contribution in [1.29, 1.82) is 0 Å². The van der Waals surface area contributed by atoms with Gasteiger partial charge in [-0.3, -0.25) is 0 Å². The Bertz CT molecular complexity index is 510. The van der Waals surface area contributed by atoms with E-state index in [0.29, 0.717) is 11.8 Å². The van der Waals surface area contributed by atoms with Crippen LogP contribution >= 0.6 is 23.2 Å². The van der Waals surface area contributed by atoms with Gasteiger partial charge in [-0.1, -0.05) is 31.2 Å². The third-order valence-electron chi connectivity index (χ3n) is 3.25. The summed E-state index contributed by atoms with van der Waals surface area (Å²) in [5.74, 6) is 1.76. The maximum Gasteiger partial charge on any atom is 0.134 e. The van der Waals surface area contributed by atoms with Gasteiger partial charge in [0.25, 0.3) is 0 Å². The Balaban J connectivity index is 2.42. The molecule has 2 nitrogen and oxygen atoms in total. The van der Waals surface area contributed by atoms with Crippen LogP contribution < -0.4 is 5.32 Å². The highest BCUT2D eigenvalue weighted by atomic mass is 35.5. The van der Waals surface area contributed by atoms with E-state index in [1.54, 1.807) is 6.20 Å². The molecule has 0 unspecified atom stereocenters. The maximum absolute atomic E-state index is 6.05. The summed E-state index contributed by atoms with van der Waals surface area (Å²) in [5, 5.41) is 5.66. The van der Waals surface area contributed by atoms with Gasteiger partial charge < -0.3 is 5.32 Å². The molecule has 1 aromatic carbocycles. The van der Waals surface area contributed by atoms with E-state index < -0.39 is 0 Å². The molecule has 4 heteroatoms. The molecule has 0 amide bonds. The van der Waals surface area contributed by atoms with Crippen LogP contribution in [-0.2, 0) is 0 Å². The zero-order valence-corrected chi connectivity index (χ0v) is 11.8. The van der Waals surface area contributed by atoms with Crippen molar-refractivity contribution in [2.45, 2.75) is 18.9 Å². The second kappa shape index (κ2) is 5.77. The quantitative estimate of drug-likeness (QED) is 0.829. The van der Waals surface area contributed by atoms with E-state index in [0.717, 1.165) is 23.0 Å². The monoisotopic (exact) mass is 282 g/mol. The summed E-state index contributed by atoms with van der Waals surface area (Å²) in [5.41, 5.74) is -0.305. The molecule has 96 valence electrons. The van der Waals surface area contributed by atoms with Crippen molar-refractivity contribution in [3.05, 3.63) is 36.5 Å². The highest BCUT2D eigenvalue weighted by molar-refractivity contribution is 6.22. The van der Waals surface area contributed by atoms with Crippen LogP contribution in [-0.4, -0.2) is 22.3 Å². The molecule has 0 bridgehead atoms. The maximum atomic E-state index is 6.05. The predicted molar refractivity (Wildman–Crippen MR) is 79.8 cm³/mol. The minimum absolute atomic E-state index is 0.305. The molecule has 0 radical (unpaired) electrons. The van der Waals surface area contributed by atoms with Gasteiger partial charge in [-0.2, -0.15) is 0 Å². The van der Waals surface area contributed by atoms with Gasteiger partial charge in [0.2, 0.25) is 0 Å². The van der Waals surface area contributed by atoms with Crippen molar-refractivity contribution in [3.63, 3.8) is 0 Å². The first-order valence-corrected chi connectivity index (χ1v) is 7.05. The second-order valence-corrected chi connectivity index (χ2v) is 4.94. The van der Waals surface area contributed by atoms with Crippen LogP contribution in [0.5, 0.6) is 0 Å². The molecule has 2 rings (SSSR count). The van der Waals surface area contributed by atoms with Crippen LogP contribution in [0.3, 0.4) is 0 Å². The van der Waals surface area contributed by atoms with Gasteiger partial charge in [-0.15, -0.1) is 23.2 Å². The normalized spacial score (nSPS) is 11.7. The average Bonchev–Trinajstić information content (AvgIpc) is 2.45. The van der Waals surface area contributed by atoms with Crippen LogP contribution in [0, 0.1) is 0 Å². The van der Waals surface area contributed by atoms with E-state index in [2.05, 4.69) is 23.3 Å². The van der Waals surface area contributed by atoms with Gasteiger partial charge in [-0.25, -0.2) is 4.98 Å². The number of anilines is 1. The Morgan fingerprint density at radius 2 is 1.89 bits per heavy atom. The molecule has 1 aromatic heterocycles. The van der Waals surface area contributed by atoms with Crippen molar-refractivity contribution in [1.82, 2.24) is 4.98 Å². The fourth-order valence-electron chi connectivity index (χ4n) is 1.85. The van der Waals surface area contributed by atoms with E-state index in [1.165, 1.54) is 0 Å². The molecule has 0 saturated heterocycles. The number of rotatable bonds is 5. The van der Waals surface area contributed by atoms with E-state index >= 15 is 0 Å². The summed E-state index contributed by atoms with van der Waals surface area (Å²) in [6.45, 7) is 2.07. The minimum atomic E-state index is -0.305. The topological polar surface area (TPSA) is 24.9 Å². The summed E-state index contributed by atoms with van der Waals surface area (Å²) < 4.78 is 0. The predicted octanol–water partition coefficient (Wildman–Crippen LogP) is 4.27. The third kappa shape index (κ3) is 2.55. The molecule has 1 heterocycles. The first-order chi connectivity index (χ1) is 8.74. The molecular weight excluding hydrogens is 267 g/mol. The number of hydrogen-bond acceptors (Lipinski definition) is 2. The van der Waals surface area contributed by atoms with E-state index in [-0.39, 0.29) is 5.54 Å². The summed E-state index contributed by atoms with van der Waals surface area (Å²) in [6, 6.07) is 10.1. The van der Waals surface area contributed by atoms with E-state index in [1.807, 2.05) is 24.3 Å². The van der Waals surface area contributed by atoms with Crippen LogP contribution in [0.1, 0.15) is 13.3 Å². The second-order valence-electron chi connectivity index (χ2n) is 4.41. The molecule has 0 fully saturated rings. The van der Waals surface area contributed by atoms with Crippen molar-refractivity contribution < 1.29 is 0 Å². The molecular formula is C14H16Cl2N2. The van der Waals surface area contributed by atoms with E-state index in [4.69, 9.17) is 23.2 Å². The lowest BCUT2D eigenvalue weighted by atomic mass is 10.0. The third-order valence-corrected chi connectivity index (χ3v) is 4.27. The minimum Gasteiger partial charge on any atom is -0.362 e. The van der Waals surface area contributed by atoms with Crippen molar-refractivity contribution in [2.24, 2.45) is 0 Å². The molecule has 0 aliphatic rings. The Labute approximate surface area is 117 Å². The number of alkyl halides is 2. The van der Waals surface area contributed by atoms with E-state index in [9.17, 15) is 0 Å². The average molecular weight is 283 g/mol. The molecule has 18 heavy (non-hydrogen) atoms. The van der Waals surface area contributed by atoms with Gasteiger partial charge >= 0.3 is 0 Å². The fourth-order valence-corrected chi connectivity index (χ4v) is 2.65.